The number of sulfonamides is 1. The van der Waals surface area contributed by atoms with Gasteiger partial charge >= 0.3 is 5.97 Å². The molecule has 2 aromatic rings. The first kappa shape index (κ1) is 18.4. The molecule has 0 saturated heterocycles. The summed E-state index contributed by atoms with van der Waals surface area (Å²) in [7, 11) is -2.34. The third-order valence-electron chi connectivity index (χ3n) is 3.28. The van der Waals surface area contributed by atoms with Crippen LogP contribution >= 0.6 is 0 Å². The number of nitriles is 1. The predicted molar refractivity (Wildman–Crippen MR) is 89.4 cm³/mol. The number of hydrogen-bond acceptors (Lipinski definition) is 6. The number of para-hydroxylation sites is 1. The minimum atomic E-state index is -3.74. The molecule has 0 heterocycles. The van der Waals surface area contributed by atoms with Crippen molar-refractivity contribution in [2.45, 2.75) is 11.4 Å². The van der Waals surface area contributed by atoms with E-state index in [-0.39, 0.29) is 29.4 Å². The van der Waals surface area contributed by atoms with Crippen LogP contribution in [0.2, 0.25) is 0 Å². The third kappa shape index (κ3) is 4.79. The molecule has 0 saturated carbocycles. The van der Waals surface area contributed by atoms with Crippen molar-refractivity contribution >= 4 is 16.0 Å². The van der Waals surface area contributed by atoms with Gasteiger partial charge in [0.15, 0.2) is 6.61 Å². The van der Waals surface area contributed by atoms with Crippen molar-refractivity contribution in [3.63, 3.8) is 0 Å². The number of benzene rings is 2. The second kappa shape index (κ2) is 8.28. The largest absolute Gasteiger partial charge is 0.495 e. The first-order valence-electron chi connectivity index (χ1n) is 7.23. The van der Waals surface area contributed by atoms with E-state index in [0.29, 0.717) is 5.56 Å². The Morgan fingerprint density at radius 3 is 2.48 bits per heavy atom. The Bertz CT molecular complexity index is 886. The van der Waals surface area contributed by atoms with Gasteiger partial charge in [0.1, 0.15) is 16.7 Å². The molecule has 2 aromatic carbocycles. The minimum absolute atomic E-state index is 0.0495. The van der Waals surface area contributed by atoms with Crippen LogP contribution in [-0.2, 0) is 21.3 Å². The number of carbonyl (C=O) groups excluding carboxylic acids is 1. The molecule has 2 rings (SSSR count). The summed E-state index contributed by atoms with van der Waals surface area (Å²) in [5, 5.41) is 8.38. The zero-order valence-corrected chi connectivity index (χ0v) is 14.2. The Morgan fingerprint density at radius 1 is 1.16 bits per heavy atom. The fourth-order valence-electron chi connectivity index (χ4n) is 2.04. The van der Waals surface area contributed by atoms with Crippen LogP contribution in [0.3, 0.4) is 0 Å². The SMILES string of the molecule is COc1ccccc1S(=O)(=O)NCc1ccc(C(=O)OCC#N)cc1. The lowest BCUT2D eigenvalue weighted by atomic mass is 10.1. The maximum Gasteiger partial charge on any atom is 0.339 e. The van der Waals surface area contributed by atoms with Crippen LogP contribution in [0.1, 0.15) is 15.9 Å². The molecule has 0 aliphatic rings. The second-order valence-corrected chi connectivity index (χ2v) is 6.64. The second-order valence-electron chi connectivity index (χ2n) is 4.91. The molecule has 7 nitrogen and oxygen atoms in total. The minimum Gasteiger partial charge on any atom is -0.495 e. The van der Waals surface area contributed by atoms with Gasteiger partial charge in [0, 0.05) is 6.54 Å². The molecular formula is C17H16N2O5S. The van der Waals surface area contributed by atoms with Gasteiger partial charge in [-0.2, -0.15) is 5.26 Å². The molecule has 0 fully saturated rings. The van der Waals surface area contributed by atoms with Crippen LogP contribution in [0.15, 0.2) is 53.4 Å². The number of ether oxygens (including phenoxy) is 2. The highest BCUT2D eigenvalue weighted by Crippen LogP contribution is 2.22. The van der Waals surface area contributed by atoms with E-state index in [1.54, 1.807) is 36.4 Å². The zero-order valence-electron chi connectivity index (χ0n) is 13.4. The van der Waals surface area contributed by atoms with Crippen LogP contribution < -0.4 is 9.46 Å². The highest BCUT2D eigenvalue weighted by molar-refractivity contribution is 7.89. The van der Waals surface area contributed by atoms with Crippen molar-refractivity contribution < 1.29 is 22.7 Å². The summed E-state index contributed by atoms with van der Waals surface area (Å²) in [6.45, 7) is -0.271. The van der Waals surface area contributed by atoms with E-state index in [0.717, 1.165) is 0 Å². The summed E-state index contributed by atoms with van der Waals surface area (Å²) >= 11 is 0. The Morgan fingerprint density at radius 2 is 1.84 bits per heavy atom. The molecule has 0 unspecified atom stereocenters. The monoisotopic (exact) mass is 360 g/mol. The quantitative estimate of drug-likeness (QED) is 0.756. The Hall–Kier alpha value is -2.89. The van der Waals surface area contributed by atoms with E-state index in [4.69, 9.17) is 10.00 Å². The van der Waals surface area contributed by atoms with Gasteiger partial charge in [-0.1, -0.05) is 24.3 Å². The molecule has 0 atom stereocenters. The molecule has 0 spiro atoms. The van der Waals surface area contributed by atoms with Crippen LogP contribution in [0.5, 0.6) is 5.75 Å². The number of hydrogen-bond donors (Lipinski definition) is 1. The predicted octanol–water partition coefficient (Wildman–Crippen LogP) is 1.85. The van der Waals surface area contributed by atoms with Gasteiger partial charge in [-0.05, 0) is 29.8 Å². The van der Waals surface area contributed by atoms with Gasteiger partial charge < -0.3 is 9.47 Å². The number of nitrogens with zero attached hydrogens (tertiary/aromatic N) is 1. The van der Waals surface area contributed by atoms with Gasteiger partial charge in [0.25, 0.3) is 0 Å². The van der Waals surface area contributed by atoms with E-state index in [9.17, 15) is 13.2 Å². The van der Waals surface area contributed by atoms with E-state index in [1.807, 2.05) is 0 Å². The highest BCUT2D eigenvalue weighted by Gasteiger charge is 2.18. The smallest absolute Gasteiger partial charge is 0.339 e. The maximum atomic E-state index is 12.4. The number of rotatable bonds is 7. The summed E-state index contributed by atoms with van der Waals surface area (Å²) in [6.07, 6.45) is 0. The lowest BCUT2D eigenvalue weighted by Gasteiger charge is -2.10. The Kier molecular flexibility index (Phi) is 6.11. The van der Waals surface area contributed by atoms with Gasteiger partial charge in [0.2, 0.25) is 10.0 Å². The molecule has 1 N–H and O–H groups in total. The van der Waals surface area contributed by atoms with Crippen molar-refractivity contribution in [1.82, 2.24) is 4.72 Å². The van der Waals surface area contributed by atoms with Crippen molar-refractivity contribution in [1.29, 1.82) is 5.26 Å². The van der Waals surface area contributed by atoms with Crippen LogP contribution in [0, 0.1) is 11.3 Å². The molecule has 0 aliphatic heterocycles. The van der Waals surface area contributed by atoms with Crippen molar-refractivity contribution in [3.05, 3.63) is 59.7 Å². The van der Waals surface area contributed by atoms with E-state index in [1.165, 1.54) is 25.3 Å². The molecule has 0 aromatic heterocycles. The van der Waals surface area contributed by atoms with Crippen LogP contribution in [-0.4, -0.2) is 28.1 Å². The van der Waals surface area contributed by atoms with E-state index < -0.39 is 16.0 Å². The molecule has 8 heteroatoms. The average molecular weight is 360 g/mol. The highest BCUT2D eigenvalue weighted by atomic mass is 32.2. The molecule has 0 bridgehead atoms. The average Bonchev–Trinajstić information content (AvgIpc) is 2.64. The molecule has 0 aliphatic carbocycles. The summed E-state index contributed by atoms with van der Waals surface area (Å²) in [6, 6.07) is 14.2. The number of carbonyl (C=O) groups is 1. The molecule has 0 amide bonds. The number of nitrogens with one attached hydrogen (secondary N) is 1. The summed E-state index contributed by atoms with van der Waals surface area (Å²) < 4.78 is 37.0. The lowest BCUT2D eigenvalue weighted by Crippen LogP contribution is -2.23. The van der Waals surface area contributed by atoms with Crippen LogP contribution in [0.25, 0.3) is 0 Å². The zero-order chi connectivity index (χ0) is 18.3. The van der Waals surface area contributed by atoms with E-state index >= 15 is 0 Å². The topological polar surface area (TPSA) is 105 Å². The summed E-state index contributed by atoms with van der Waals surface area (Å²) in [4.78, 5) is 11.6. The lowest BCUT2D eigenvalue weighted by molar-refractivity contribution is 0.0555. The van der Waals surface area contributed by atoms with Gasteiger partial charge in [0.05, 0.1) is 12.7 Å². The van der Waals surface area contributed by atoms with Gasteiger partial charge in [-0.3, -0.25) is 0 Å². The third-order valence-corrected chi connectivity index (χ3v) is 4.72. The molecule has 130 valence electrons. The normalized spacial score (nSPS) is 10.7. The number of methoxy groups -OCH3 is 1. The fraction of sp³-hybridized carbons (Fsp3) is 0.176. The molecule has 0 radical (unpaired) electrons. The van der Waals surface area contributed by atoms with Gasteiger partial charge in [-0.15, -0.1) is 0 Å². The van der Waals surface area contributed by atoms with Gasteiger partial charge in [-0.25, -0.2) is 17.9 Å². The van der Waals surface area contributed by atoms with Crippen molar-refractivity contribution in [2.75, 3.05) is 13.7 Å². The molecule has 25 heavy (non-hydrogen) atoms. The molecular weight excluding hydrogens is 344 g/mol. The van der Waals surface area contributed by atoms with E-state index in [2.05, 4.69) is 9.46 Å². The Labute approximate surface area is 145 Å². The van der Waals surface area contributed by atoms with Crippen molar-refractivity contribution in [2.24, 2.45) is 0 Å². The summed E-state index contributed by atoms with van der Waals surface area (Å²) in [5.74, 6) is -0.353. The number of esters is 1. The standard InChI is InChI=1S/C17H16N2O5S/c1-23-15-4-2-3-5-16(15)25(21,22)19-12-13-6-8-14(9-7-13)17(20)24-11-10-18/h2-9,19H,11-12H2,1H3. The first-order chi connectivity index (χ1) is 12.0. The first-order valence-corrected chi connectivity index (χ1v) is 8.72. The van der Waals surface area contributed by atoms with Crippen LogP contribution in [0.4, 0.5) is 0 Å². The maximum absolute atomic E-state index is 12.4. The Balaban J connectivity index is 2.06. The summed E-state index contributed by atoms with van der Waals surface area (Å²) in [5.41, 5.74) is 0.946. The van der Waals surface area contributed by atoms with Crippen molar-refractivity contribution in [3.8, 4) is 11.8 Å². The fourth-order valence-corrected chi connectivity index (χ4v) is 3.22.